The molecule has 0 radical (unpaired) electrons. The molecule has 0 aliphatic rings. The summed E-state index contributed by atoms with van der Waals surface area (Å²) in [5.41, 5.74) is -0.314. The van der Waals surface area contributed by atoms with Crippen molar-refractivity contribution in [3.63, 3.8) is 0 Å². The normalized spacial score (nSPS) is 11.2. The van der Waals surface area contributed by atoms with Gasteiger partial charge in [0.15, 0.2) is 0 Å². The van der Waals surface area contributed by atoms with Crippen molar-refractivity contribution < 1.29 is 28.3 Å². The third kappa shape index (κ3) is 2.38. The lowest BCUT2D eigenvalue weighted by Crippen LogP contribution is -2.19. The second-order valence-electron chi connectivity index (χ2n) is 2.67. The van der Waals surface area contributed by atoms with E-state index in [0.29, 0.717) is 12.1 Å². The molecule has 0 aromatic heterocycles. The first-order valence-corrected chi connectivity index (χ1v) is 3.71. The summed E-state index contributed by atoms with van der Waals surface area (Å²) in [6.45, 7) is 0. The minimum atomic E-state index is -4.59. The Morgan fingerprint density at radius 1 is 1.33 bits per heavy atom. The van der Waals surface area contributed by atoms with Crippen molar-refractivity contribution in [2.45, 2.75) is 6.18 Å². The van der Waals surface area contributed by atoms with Crippen molar-refractivity contribution in [3.05, 3.63) is 29.3 Å². The molecule has 0 saturated carbocycles. The first kappa shape index (κ1) is 11.3. The minimum absolute atomic E-state index is 0.407. The van der Waals surface area contributed by atoms with Gasteiger partial charge in [-0.3, -0.25) is 10.0 Å². The number of hydrogen-bond donors (Lipinski definition) is 3. The van der Waals surface area contributed by atoms with E-state index >= 15 is 0 Å². The zero-order valence-electron chi connectivity index (χ0n) is 7.17. The van der Waals surface area contributed by atoms with Gasteiger partial charge in [-0.15, -0.1) is 0 Å². The van der Waals surface area contributed by atoms with E-state index in [-0.39, 0.29) is 0 Å². The van der Waals surface area contributed by atoms with E-state index in [1.165, 1.54) is 5.48 Å². The Morgan fingerprint density at radius 3 is 2.33 bits per heavy atom. The van der Waals surface area contributed by atoms with Crippen molar-refractivity contribution in [1.29, 1.82) is 0 Å². The van der Waals surface area contributed by atoms with Crippen LogP contribution in [0.3, 0.4) is 0 Å². The van der Waals surface area contributed by atoms with E-state index in [1.54, 1.807) is 0 Å². The number of phenolic OH excluding ortho intramolecular Hbond substituents is 1. The molecule has 7 heteroatoms. The number of hydroxylamine groups is 1. The van der Waals surface area contributed by atoms with Gasteiger partial charge in [0.25, 0.3) is 5.91 Å². The molecule has 82 valence electrons. The van der Waals surface area contributed by atoms with Crippen LogP contribution >= 0.6 is 0 Å². The summed E-state index contributed by atoms with van der Waals surface area (Å²) in [5.74, 6) is -1.93. The van der Waals surface area contributed by atoms with Gasteiger partial charge < -0.3 is 5.11 Å². The molecular formula is C8H6F3NO3. The van der Waals surface area contributed by atoms with Crippen LogP contribution < -0.4 is 5.48 Å². The summed E-state index contributed by atoms with van der Waals surface area (Å²) in [4.78, 5) is 10.8. The molecule has 0 bridgehead atoms. The predicted octanol–water partition coefficient (Wildman–Crippen LogP) is 1.53. The monoisotopic (exact) mass is 221 g/mol. The number of halogens is 3. The number of phenols is 1. The van der Waals surface area contributed by atoms with Crippen LogP contribution in [0.5, 0.6) is 5.75 Å². The molecule has 3 N–H and O–H groups in total. The second kappa shape index (κ2) is 3.77. The van der Waals surface area contributed by atoms with Crippen molar-refractivity contribution >= 4 is 5.91 Å². The Kier molecular flexibility index (Phi) is 2.85. The van der Waals surface area contributed by atoms with Crippen LogP contribution in [0, 0.1) is 0 Å². The van der Waals surface area contributed by atoms with Crippen LogP contribution in [0.2, 0.25) is 0 Å². The van der Waals surface area contributed by atoms with E-state index in [1.807, 2.05) is 0 Å². The Labute approximate surface area is 81.9 Å². The van der Waals surface area contributed by atoms with Crippen LogP contribution in [-0.4, -0.2) is 16.2 Å². The fourth-order valence-corrected chi connectivity index (χ4v) is 0.960. The molecule has 0 unspecified atom stereocenters. The number of carbonyl (C=O) groups excluding carboxylic acids is 1. The molecule has 0 atom stereocenters. The summed E-state index contributed by atoms with van der Waals surface area (Å²) in [6.07, 6.45) is -4.59. The Balaban J connectivity index is 3.15. The number of aromatic hydroxyl groups is 1. The van der Waals surface area contributed by atoms with E-state index in [2.05, 4.69) is 0 Å². The maximum Gasteiger partial charge on any atom is 0.416 e. The highest BCUT2D eigenvalue weighted by Crippen LogP contribution is 2.32. The van der Waals surface area contributed by atoms with Gasteiger partial charge in [-0.05, 0) is 18.2 Å². The molecule has 1 aromatic rings. The number of carbonyl (C=O) groups is 1. The second-order valence-corrected chi connectivity index (χ2v) is 2.67. The molecule has 1 rings (SSSR count). The number of alkyl halides is 3. The molecule has 0 heterocycles. The Morgan fingerprint density at radius 2 is 1.93 bits per heavy atom. The van der Waals surface area contributed by atoms with Crippen LogP contribution in [0.4, 0.5) is 13.2 Å². The van der Waals surface area contributed by atoms with Gasteiger partial charge in [0, 0.05) is 0 Å². The maximum absolute atomic E-state index is 12.1. The number of hydrogen-bond acceptors (Lipinski definition) is 3. The fraction of sp³-hybridized carbons (Fsp3) is 0.125. The van der Waals surface area contributed by atoms with E-state index < -0.39 is 29.0 Å². The molecule has 0 fully saturated rings. The average molecular weight is 221 g/mol. The maximum atomic E-state index is 12.1. The number of rotatable bonds is 1. The van der Waals surface area contributed by atoms with Crippen molar-refractivity contribution in [2.75, 3.05) is 0 Å². The smallest absolute Gasteiger partial charge is 0.416 e. The van der Waals surface area contributed by atoms with Crippen molar-refractivity contribution in [3.8, 4) is 5.75 Å². The third-order valence-electron chi connectivity index (χ3n) is 1.67. The molecule has 0 spiro atoms. The van der Waals surface area contributed by atoms with Crippen LogP contribution in [0.25, 0.3) is 0 Å². The highest BCUT2D eigenvalue weighted by molar-refractivity contribution is 5.96. The summed E-state index contributed by atoms with van der Waals surface area (Å²) >= 11 is 0. The number of amides is 1. The van der Waals surface area contributed by atoms with Gasteiger partial charge >= 0.3 is 6.18 Å². The van der Waals surface area contributed by atoms with Crippen LogP contribution in [0.1, 0.15) is 15.9 Å². The summed E-state index contributed by atoms with van der Waals surface area (Å²) < 4.78 is 36.4. The summed E-state index contributed by atoms with van der Waals surface area (Å²) in [7, 11) is 0. The molecule has 0 aliphatic heterocycles. The van der Waals surface area contributed by atoms with Crippen LogP contribution in [-0.2, 0) is 6.18 Å². The zero-order valence-corrected chi connectivity index (χ0v) is 7.17. The largest absolute Gasteiger partial charge is 0.507 e. The highest BCUT2D eigenvalue weighted by atomic mass is 19.4. The first-order chi connectivity index (χ1) is 6.86. The van der Waals surface area contributed by atoms with Gasteiger partial charge in [-0.1, -0.05) is 0 Å². The quantitative estimate of drug-likeness (QED) is 0.497. The molecule has 1 amide bonds. The molecule has 0 saturated heterocycles. The Bertz CT molecular complexity index is 389. The number of benzene rings is 1. The van der Waals surface area contributed by atoms with Gasteiger partial charge in [-0.2, -0.15) is 13.2 Å². The Hall–Kier alpha value is -1.76. The van der Waals surface area contributed by atoms with Gasteiger partial charge in [0.1, 0.15) is 5.75 Å². The van der Waals surface area contributed by atoms with Gasteiger partial charge in [-0.25, -0.2) is 5.48 Å². The average Bonchev–Trinajstić information content (AvgIpc) is 2.15. The molecule has 15 heavy (non-hydrogen) atoms. The van der Waals surface area contributed by atoms with E-state index in [0.717, 1.165) is 6.07 Å². The standard InChI is InChI=1S/C8H6F3NO3/c9-8(10,11)4-1-2-5(6(13)3-4)7(14)12-15/h1-3,13,15H,(H,12,14). The summed E-state index contributed by atoms with van der Waals surface area (Å²) in [5, 5.41) is 17.3. The molecule has 0 aliphatic carbocycles. The third-order valence-corrected chi connectivity index (χ3v) is 1.67. The fourth-order valence-electron chi connectivity index (χ4n) is 0.960. The van der Waals surface area contributed by atoms with Crippen molar-refractivity contribution in [1.82, 2.24) is 5.48 Å². The SMILES string of the molecule is O=C(NO)c1ccc(C(F)(F)F)cc1O. The highest BCUT2D eigenvalue weighted by Gasteiger charge is 2.31. The van der Waals surface area contributed by atoms with Crippen molar-refractivity contribution in [2.24, 2.45) is 0 Å². The van der Waals surface area contributed by atoms with Gasteiger partial charge in [0.2, 0.25) is 0 Å². The summed E-state index contributed by atoms with van der Waals surface area (Å²) in [6, 6.07) is 1.80. The minimum Gasteiger partial charge on any atom is -0.507 e. The van der Waals surface area contributed by atoms with Crippen LogP contribution in [0.15, 0.2) is 18.2 Å². The van der Waals surface area contributed by atoms with E-state index in [4.69, 9.17) is 10.3 Å². The zero-order chi connectivity index (χ0) is 11.6. The lowest BCUT2D eigenvalue weighted by Gasteiger charge is -2.08. The topological polar surface area (TPSA) is 69.6 Å². The lowest BCUT2D eigenvalue weighted by atomic mass is 10.1. The molecule has 4 nitrogen and oxygen atoms in total. The lowest BCUT2D eigenvalue weighted by molar-refractivity contribution is -0.137. The molecule has 1 aromatic carbocycles. The number of nitrogens with one attached hydrogen (secondary N) is 1. The molecular weight excluding hydrogens is 215 g/mol. The first-order valence-electron chi connectivity index (χ1n) is 3.71. The predicted molar refractivity (Wildman–Crippen MR) is 42.4 cm³/mol. The van der Waals surface area contributed by atoms with E-state index in [9.17, 15) is 18.0 Å². The van der Waals surface area contributed by atoms with Gasteiger partial charge in [0.05, 0.1) is 11.1 Å².